The SMILES string of the molecule is c1ccc(-c2nc(-c3ccccc3)nc(-c3ccccc3-c3ccccc3N3c4ccccc4Sc4ccccc43)n2)cc1. The minimum Gasteiger partial charge on any atom is -0.308 e. The van der Waals surface area contributed by atoms with Crippen molar-refractivity contribution in [3.63, 3.8) is 0 Å². The third kappa shape index (κ3) is 4.74. The van der Waals surface area contributed by atoms with Gasteiger partial charge in [0.05, 0.1) is 17.1 Å². The molecule has 8 rings (SSSR count). The Morgan fingerprint density at radius 2 is 0.750 bits per heavy atom. The first kappa shape index (κ1) is 26.1. The average molecular weight is 583 g/mol. The Morgan fingerprint density at radius 3 is 1.32 bits per heavy atom. The summed E-state index contributed by atoms with van der Waals surface area (Å²) in [5, 5.41) is 0. The van der Waals surface area contributed by atoms with Crippen LogP contribution in [0.1, 0.15) is 0 Å². The van der Waals surface area contributed by atoms with Crippen LogP contribution in [0, 0.1) is 0 Å². The number of nitrogens with zero attached hydrogens (tertiary/aromatic N) is 4. The van der Waals surface area contributed by atoms with Crippen molar-refractivity contribution in [2.24, 2.45) is 0 Å². The first-order valence-corrected chi connectivity index (χ1v) is 15.4. The maximum absolute atomic E-state index is 5.06. The number of hydrogen-bond acceptors (Lipinski definition) is 5. The number of para-hydroxylation sites is 3. The molecule has 1 aliphatic rings. The molecule has 0 unspecified atom stereocenters. The number of fused-ring (bicyclic) bond motifs is 2. The summed E-state index contributed by atoms with van der Waals surface area (Å²) in [6.45, 7) is 0. The Kier molecular flexibility index (Phi) is 6.70. The van der Waals surface area contributed by atoms with Gasteiger partial charge in [0.2, 0.25) is 0 Å². The lowest BCUT2D eigenvalue weighted by Gasteiger charge is -2.34. The highest BCUT2D eigenvalue weighted by atomic mass is 32.2. The normalized spacial score (nSPS) is 12.0. The minimum absolute atomic E-state index is 0.637. The summed E-state index contributed by atoms with van der Waals surface area (Å²) in [5.74, 6) is 1.93. The second-order valence-corrected chi connectivity index (χ2v) is 11.6. The van der Waals surface area contributed by atoms with Gasteiger partial charge in [-0.3, -0.25) is 0 Å². The molecule has 1 aromatic heterocycles. The van der Waals surface area contributed by atoms with Gasteiger partial charge in [-0.05, 0) is 35.9 Å². The maximum Gasteiger partial charge on any atom is 0.164 e. The van der Waals surface area contributed by atoms with E-state index in [0.717, 1.165) is 33.5 Å². The molecule has 0 bridgehead atoms. The lowest BCUT2D eigenvalue weighted by molar-refractivity contribution is 1.07. The Hall–Kier alpha value is -5.52. The van der Waals surface area contributed by atoms with Gasteiger partial charge in [-0.25, -0.2) is 15.0 Å². The van der Waals surface area contributed by atoms with Crippen molar-refractivity contribution < 1.29 is 0 Å². The van der Waals surface area contributed by atoms with Crippen molar-refractivity contribution in [1.29, 1.82) is 0 Å². The van der Waals surface area contributed by atoms with Gasteiger partial charge in [0.25, 0.3) is 0 Å². The van der Waals surface area contributed by atoms with E-state index in [2.05, 4.69) is 102 Å². The summed E-state index contributed by atoms with van der Waals surface area (Å²) in [7, 11) is 0. The molecule has 0 radical (unpaired) electrons. The van der Waals surface area contributed by atoms with E-state index in [-0.39, 0.29) is 0 Å². The zero-order valence-electron chi connectivity index (χ0n) is 23.7. The van der Waals surface area contributed by atoms with E-state index in [4.69, 9.17) is 15.0 Å². The summed E-state index contributed by atoms with van der Waals surface area (Å²) >= 11 is 1.81. The van der Waals surface area contributed by atoms with Gasteiger partial charge in [-0.2, -0.15) is 0 Å². The van der Waals surface area contributed by atoms with E-state index >= 15 is 0 Å². The first-order valence-electron chi connectivity index (χ1n) is 14.6. The third-order valence-corrected chi connectivity index (χ3v) is 8.86. The molecule has 208 valence electrons. The molecule has 0 N–H and O–H groups in total. The second-order valence-electron chi connectivity index (χ2n) is 10.5. The third-order valence-electron chi connectivity index (χ3n) is 7.73. The quantitative estimate of drug-likeness (QED) is 0.202. The van der Waals surface area contributed by atoms with Crippen molar-refractivity contribution in [3.05, 3.63) is 158 Å². The molecule has 1 aliphatic heterocycles. The molecule has 0 aliphatic carbocycles. The van der Waals surface area contributed by atoms with Gasteiger partial charge in [-0.15, -0.1) is 0 Å². The molecule has 5 heteroatoms. The van der Waals surface area contributed by atoms with Crippen LogP contribution in [0.15, 0.2) is 168 Å². The van der Waals surface area contributed by atoms with Crippen molar-refractivity contribution in [2.45, 2.75) is 9.79 Å². The number of hydrogen-bond donors (Lipinski definition) is 0. The van der Waals surface area contributed by atoms with E-state index in [9.17, 15) is 0 Å². The standard InChI is InChI=1S/C39H26N4S/c1-3-15-27(16-4-1)37-40-38(28-17-5-2-6-18-28)42-39(41-37)31-21-8-7-19-29(31)30-20-9-10-22-32(30)43-33-23-11-13-25-35(33)44-36-26-14-12-24-34(36)43/h1-26H. The Balaban J connectivity index is 1.34. The van der Waals surface area contributed by atoms with Crippen molar-refractivity contribution in [1.82, 2.24) is 15.0 Å². The number of benzene rings is 6. The lowest BCUT2D eigenvalue weighted by atomic mass is 9.96. The monoisotopic (exact) mass is 582 g/mol. The van der Waals surface area contributed by atoms with Crippen LogP contribution in [0.3, 0.4) is 0 Å². The first-order chi connectivity index (χ1) is 21.8. The smallest absolute Gasteiger partial charge is 0.164 e. The Morgan fingerprint density at radius 1 is 0.341 bits per heavy atom. The maximum atomic E-state index is 5.06. The molecule has 4 nitrogen and oxygen atoms in total. The van der Waals surface area contributed by atoms with E-state index in [1.165, 1.54) is 21.2 Å². The van der Waals surface area contributed by atoms with Crippen molar-refractivity contribution in [3.8, 4) is 45.3 Å². The fourth-order valence-electron chi connectivity index (χ4n) is 5.70. The fraction of sp³-hybridized carbons (Fsp3) is 0. The van der Waals surface area contributed by atoms with Crippen LogP contribution in [0.5, 0.6) is 0 Å². The van der Waals surface area contributed by atoms with Crippen molar-refractivity contribution in [2.75, 3.05) is 4.90 Å². The number of anilines is 3. The van der Waals surface area contributed by atoms with Gasteiger partial charge in [0.1, 0.15) is 0 Å². The van der Waals surface area contributed by atoms with Crippen LogP contribution < -0.4 is 4.90 Å². The molecule has 0 saturated heterocycles. The van der Waals surface area contributed by atoms with Crippen LogP contribution in [0.25, 0.3) is 45.3 Å². The van der Waals surface area contributed by atoms with Crippen LogP contribution >= 0.6 is 11.8 Å². The van der Waals surface area contributed by atoms with Crippen LogP contribution in [0.2, 0.25) is 0 Å². The molecule has 7 aromatic rings. The summed E-state index contributed by atoms with van der Waals surface area (Å²) in [5.41, 5.74) is 8.43. The molecule has 0 fully saturated rings. The molecule has 6 aromatic carbocycles. The number of aromatic nitrogens is 3. The molecule has 44 heavy (non-hydrogen) atoms. The zero-order valence-corrected chi connectivity index (χ0v) is 24.5. The molecule has 0 atom stereocenters. The molecular formula is C39H26N4S. The van der Waals surface area contributed by atoms with E-state index < -0.39 is 0 Å². The predicted molar refractivity (Wildman–Crippen MR) is 180 cm³/mol. The number of rotatable bonds is 5. The summed E-state index contributed by atoms with van der Waals surface area (Å²) < 4.78 is 0. The largest absolute Gasteiger partial charge is 0.308 e. The highest BCUT2D eigenvalue weighted by Gasteiger charge is 2.27. The second kappa shape index (κ2) is 11.3. The van der Waals surface area contributed by atoms with Crippen LogP contribution in [-0.4, -0.2) is 15.0 Å². The van der Waals surface area contributed by atoms with Crippen LogP contribution in [-0.2, 0) is 0 Å². The van der Waals surface area contributed by atoms with E-state index in [0.29, 0.717) is 17.5 Å². The van der Waals surface area contributed by atoms with Crippen LogP contribution in [0.4, 0.5) is 17.1 Å². The van der Waals surface area contributed by atoms with E-state index in [1.54, 1.807) is 0 Å². The van der Waals surface area contributed by atoms with Gasteiger partial charge in [-0.1, -0.05) is 139 Å². The van der Waals surface area contributed by atoms with Crippen molar-refractivity contribution >= 4 is 28.8 Å². The summed E-state index contributed by atoms with van der Waals surface area (Å²) in [4.78, 5) is 19.9. The molecule has 0 saturated carbocycles. The summed E-state index contributed by atoms with van der Waals surface area (Å²) in [6.07, 6.45) is 0. The zero-order chi connectivity index (χ0) is 29.3. The highest BCUT2D eigenvalue weighted by Crippen LogP contribution is 2.53. The Bertz CT molecular complexity index is 2010. The molecule has 2 heterocycles. The summed E-state index contributed by atoms with van der Waals surface area (Å²) in [6, 6.07) is 54.5. The Labute approximate surface area is 260 Å². The van der Waals surface area contributed by atoms with E-state index in [1.807, 2.05) is 72.4 Å². The predicted octanol–water partition coefficient (Wildman–Crippen LogP) is 10.5. The van der Waals surface area contributed by atoms with Gasteiger partial charge in [0.15, 0.2) is 17.5 Å². The minimum atomic E-state index is 0.637. The molecule has 0 spiro atoms. The lowest BCUT2D eigenvalue weighted by Crippen LogP contribution is -2.15. The van der Waals surface area contributed by atoms with Gasteiger partial charge in [0, 0.05) is 32.0 Å². The highest BCUT2D eigenvalue weighted by molar-refractivity contribution is 7.99. The molecule has 0 amide bonds. The van der Waals surface area contributed by atoms with Gasteiger partial charge < -0.3 is 4.90 Å². The topological polar surface area (TPSA) is 41.9 Å². The average Bonchev–Trinajstić information content (AvgIpc) is 3.11. The molecular weight excluding hydrogens is 557 g/mol. The van der Waals surface area contributed by atoms with Gasteiger partial charge >= 0.3 is 0 Å². The fourth-order valence-corrected chi connectivity index (χ4v) is 6.76.